The largest absolute Gasteiger partial charge is 0.350 e. The molecule has 0 aliphatic rings. The number of carbonyl (C=O) groups is 2. The number of hydrogen-bond donors (Lipinski definition) is 1. The fourth-order valence-corrected chi connectivity index (χ4v) is 5.18. The van der Waals surface area contributed by atoms with Crippen LogP contribution in [-0.2, 0) is 39.2 Å². The first kappa shape index (κ1) is 29.9. The molecule has 1 aromatic heterocycles. The van der Waals surface area contributed by atoms with Gasteiger partial charge in [-0.3, -0.25) is 14.6 Å². The molecule has 0 radical (unpaired) electrons. The van der Waals surface area contributed by atoms with Crippen molar-refractivity contribution in [1.29, 1.82) is 0 Å². The Morgan fingerprint density at radius 2 is 1.44 bits per heavy atom. The van der Waals surface area contributed by atoms with E-state index in [1.54, 1.807) is 79.1 Å². The summed E-state index contributed by atoms with van der Waals surface area (Å²) in [5, 5.41) is 3.46. The number of amides is 2. The van der Waals surface area contributed by atoms with Crippen LogP contribution in [-0.4, -0.2) is 47.2 Å². The molecule has 0 saturated heterocycles. The van der Waals surface area contributed by atoms with Crippen molar-refractivity contribution >= 4 is 33.4 Å². The maximum atomic E-state index is 14.1. The Morgan fingerprint density at radius 1 is 0.829 bits per heavy atom. The smallest absolute Gasteiger partial charge is 0.247 e. The van der Waals surface area contributed by atoms with Crippen molar-refractivity contribution in [3.8, 4) is 0 Å². The summed E-state index contributed by atoms with van der Waals surface area (Å²) in [4.78, 5) is 33.4. The van der Waals surface area contributed by atoms with Gasteiger partial charge in [0, 0.05) is 37.1 Å². The van der Waals surface area contributed by atoms with E-state index in [0.717, 1.165) is 27.3 Å². The summed E-state index contributed by atoms with van der Waals surface area (Å²) in [5.41, 5.74) is 2.86. The third kappa shape index (κ3) is 8.72. The Labute approximate surface area is 245 Å². The van der Waals surface area contributed by atoms with Crippen LogP contribution in [0.15, 0.2) is 109 Å². The van der Waals surface area contributed by atoms with Crippen LogP contribution < -0.4 is 5.32 Å². The minimum Gasteiger partial charge on any atom is -0.350 e. The second-order valence-electron chi connectivity index (χ2n) is 9.56. The van der Waals surface area contributed by atoms with Crippen LogP contribution in [0.5, 0.6) is 0 Å². The molecule has 0 bridgehead atoms. The summed E-state index contributed by atoms with van der Waals surface area (Å²) in [7, 11) is -3.77. The van der Waals surface area contributed by atoms with Gasteiger partial charge in [0.25, 0.3) is 0 Å². The first-order valence-corrected chi connectivity index (χ1v) is 15.2. The average Bonchev–Trinajstić information content (AvgIpc) is 2.97. The molecule has 10 heteroatoms. The fourth-order valence-electron chi connectivity index (χ4n) is 4.33. The van der Waals surface area contributed by atoms with Crippen LogP contribution in [0.3, 0.4) is 0 Å². The van der Waals surface area contributed by atoms with Crippen molar-refractivity contribution in [3.63, 3.8) is 0 Å². The van der Waals surface area contributed by atoms with E-state index < -0.39 is 34.4 Å². The van der Waals surface area contributed by atoms with Gasteiger partial charge in [-0.05, 0) is 40.5 Å². The molecule has 0 aliphatic carbocycles. The Hall–Kier alpha value is -4.05. The van der Waals surface area contributed by atoms with Crippen LogP contribution in [0.25, 0.3) is 0 Å². The van der Waals surface area contributed by atoms with Crippen molar-refractivity contribution in [2.75, 3.05) is 12.8 Å². The van der Waals surface area contributed by atoms with Gasteiger partial charge >= 0.3 is 0 Å². The summed E-state index contributed by atoms with van der Waals surface area (Å²) in [6.07, 6.45) is 4.37. The number of carbonyl (C=O) groups excluding carboxylic acids is 2. The Bertz CT molecular complexity index is 1540. The van der Waals surface area contributed by atoms with Crippen molar-refractivity contribution < 1.29 is 18.0 Å². The number of rotatable bonds is 12. The second kappa shape index (κ2) is 14.0. The molecule has 4 aromatic rings. The molecule has 2 amide bonds. The van der Waals surface area contributed by atoms with Crippen LogP contribution in [0.4, 0.5) is 0 Å². The van der Waals surface area contributed by atoms with Crippen molar-refractivity contribution in [2.24, 2.45) is 0 Å². The number of benzene rings is 3. The molecule has 0 spiro atoms. The number of nitrogens with zero attached hydrogens (tertiary/aromatic N) is 3. The van der Waals surface area contributed by atoms with Gasteiger partial charge in [-0.1, -0.05) is 90.5 Å². The molecule has 1 heterocycles. The van der Waals surface area contributed by atoms with Crippen molar-refractivity contribution in [3.05, 3.63) is 137 Å². The Balaban J connectivity index is 1.69. The minimum absolute atomic E-state index is 0.0173. The third-order valence-electron chi connectivity index (χ3n) is 6.43. The minimum atomic E-state index is -3.77. The summed E-state index contributed by atoms with van der Waals surface area (Å²) in [6.45, 7) is -0.161. The molecule has 41 heavy (non-hydrogen) atoms. The fraction of sp³-hybridized carbons (Fsp3) is 0.194. The van der Waals surface area contributed by atoms with Gasteiger partial charge in [0.05, 0.1) is 12.8 Å². The number of nitrogens with one attached hydrogen (secondary N) is 1. The van der Waals surface area contributed by atoms with Gasteiger partial charge in [-0.25, -0.2) is 8.42 Å². The Morgan fingerprint density at radius 3 is 2.05 bits per heavy atom. The number of hydrogen-bond acceptors (Lipinski definition) is 5. The molecule has 1 atom stereocenters. The molecule has 0 saturated carbocycles. The van der Waals surface area contributed by atoms with E-state index in [1.165, 1.54) is 4.90 Å². The lowest BCUT2D eigenvalue weighted by Gasteiger charge is -2.33. The monoisotopic (exact) mass is 590 g/mol. The third-order valence-corrected chi connectivity index (χ3v) is 7.88. The van der Waals surface area contributed by atoms with E-state index >= 15 is 0 Å². The van der Waals surface area contributed by atoms with Gasteiger partial charge in [0.1, 0.15) is 6.04 Å². The highest BCUT2D eigenvalue weighted by Crippen LogP contribution is 2.25. The van der Waals surface area contributed by atoms with Gasteiger partial charge in [-0.15, -0.1) is 0 Å². The molecular formula is C31H31ClN4O4S. The SMILES string of the molecule is CS(=O)(=O)N(CC(=O)N(Cc1ccc(Cl)cc1)[C@@H](C(=O)NCc1cccnc1)c1ccccc1)Cc1ccccc1. The standard InChI is InChI=1S/C31H31ClN4O4S/c1-41(39,40)35(21-24-9-4-2-5-10-24)23-29(37)36(22-25-14-16-28(32)17-15-25)30(27-12-6-3-7-13-27)31(38)34-20-26-11-8-18-33-19-26/h2-19,30H,20-23H2,1H3,(H,34,38)/t30-/m1/s1. The highest BCUT2D eigenvalue weighted by Gasteiger charge is 2.33. The van der Waals surface area contributed by atoms with Gasteiger partial charge in [0.2, 0.25) is 21.8 Å². The number of sulfonamides is 1. The normalized spacial score (nSPS) is 12.1. The van der Waals surface area contributed by atoms with E-state index in [2.05, 4.69) is 10.3 Å². The number of aromatic nitrogens is 1. The van der Waals surface area contributed by atoms with Gasteiger partial charge < -0.3 is 10.2 Å². The van der Waals surface area contributed by atoms with Gasteiger partial charge in [-0.2, -0.15) is 4.31 Å². The molecule has 0 fully saturated rings. The van der Waals surface area contributed by atoms with E-state index in [1.807, 2.05) is 30.3 Å². The molecule has 212 valence electrons. The lowest BCUT2D eigenvalue weighted by atomic mass is 10.0. The average molecular weight is 591 g/mol. The van der Waals surface area contributed by atoms with E-state index in [0.29, 0.717) is 10.6 Å². The zero-order valence-corrected chi connectivity index (χ0v) is 24.1. The van der Waals surface area contributed by atoms with Crippen LogP contribution in [0.1, 0.15) is 28.3 Å². The number of pyridine rings is 1. The predicted molar refractivity (Wildman–Crippen MR) is 159 cm³/mol. The van der Waals surface area contributed by atoms with E-state index in [4.69, 9.17) is 11.6 Å². The lowest BCUT2D eigenvalue weighted by molar-refractivity contribution is -0.141. The summed E-state index contributed by atoms with van der Waals surface area (Å²) in [5.74, 6) is -0.928. The van der Waals surface area contributed by atoms with Crippen LogP contribution in [0.2, 0.25) is 5.02 Å². The van der Waals surface area contributed by atoms with E-state index in [-0.39, 0.29) is 19.6 Å². The quantitative estimate of drug-likeness (QED) is 0.260. The van der Waals surface area contributed by atoms with Crippen molar-refractivity contribution in [2.45, 2.75) is 25.7 Å². The summed E-state index contributed by atoms with van der Waals surface area (Å²) >= 11 is 6.09. The maximum absolute atomic E-state index is 14.1. The second-order valence-corrected chi connectivity index (χ2v) is 12.0. The first-order chi connectivity index (χ1) is 19.7. The summed E-state index contributed by atoms with van der Waals surface area (Å²) < 4.78 is 26.7. The van der Waals surface area contributed by atoms with Crippen molar-refractivity contribution in [1.82, 2.24) is 19.5 Å². The molecule has 0 unspecified atom stereocenters. The molecule has 1 N–H and O–H groups in total. The zero-order valence-electron chi connectivity index (χ0n) is 22.6. The maximum Gasteiger partial charge on any atom is 0.247 e. The highest BCUT2D eigenvalue weighted by atomic mass is 35.5. The predicted octanol–water partition coefficient (Wildman–Crippen LogP) is 4.58. The molecular weight excluding hydrogens is 560 g/mol. The van der Waals surface area contributed by atoms with Crippen LogP contribution >= 0.6 is 11.6 Å². The summed E-state index contributed by atoms with van der Waals surface area (Å²) in [6, 6.07) is 27.5. The van der Waals surface area contributed by atoms with E-state index in [9.17, 15) is 18.0 Å². The Kier molecular flexibility index (Phi) is 10.2. The molecule has 0 aliphatic heterocycles. The van der Waals surface area contributed by atoms with Crippen LogP contribution in [0, 0.1) is 0 Å². The lowest BCUT2D eigenvalue weighted by Crippen LogP contribution is -2.47. The first-order valence-electron chi connectivity index (χ1n) is 13.0. The molecule has 4 rings (SSSR count). The molecule has 8 nitrogen and oxygen atoms in total. The zero-order chi connectivity index (χ0) is 29.2. The number of halogens is 1. The topological polar surface area (TPSA) is 99.7 Å². The highest BCUT2D eigenvalue weighted by molar-refractivity contribution is 7.88. The van der Waals surface area contributed by atoms with Gasteiger partial charge in [0.15, 0.2) is 0 Å². The molecule has 3 aromatic carbocycles.